The zero-order valence-electron chi connectivity index (χ0n) is 15.6. The average Bonchev–Trinajstić information content (AvgIpc) is 2.87. The summed E-state index contributed by atoms with van der Waals surface area (Å²) in [5.41, 5.74) is 3.63. The summed E-state index contributed by atoms with van der Waals surface area (Å²) < 4.78 is 1.90. The first-order valence-electron chi connectivity index (χ1n) is 9.22. The first-order valence-corrected chi connectivity index (χ1v) is 9.22. The Morgan fingerprint density at radius 1 is 1.11 bits per heavy atom. The predicted molar refractivity (Wildman–Crippen MR) is 104 cm³/mol. The molecule has 0 unspecified atom stereocenters. The van der Waals surface area contributed by atoms with Crippen molar-refractivity contribution in [3.05, 3.63) is 73.9 Å². The zero-order valence-corrected chi connectivity index (χ0v) is 15.6. The molecule has 1 amide bonds. The minimum Gasteiger partial charge on any atom is -0.342 e. The third-order valence-electron chi connectivity index (χ3n) is 5.16. The van der Waals surface area contributed by atoms with Gasteiger partial charge in [-0.1, -0.05) is 30.3 Å². The first kappa shape index (κ1) is 18.0. The number of benzene rings is 1. The number of carbonyl (C=O) groups is 1. The van der Waals surface area contributed by atoms with E-state index < -0.39 is 11.1 Å². The highest BCUT2D eigenvalue weighted by Gasteiger charge is 2.25. The Morgan fingerprint density at radius 3 is 2.64 bits per heavy atom. The summed E-state index contributed by atoms with van der Waals surface area (Å²) in [6.45, 7) is 1.11. The smallest absolute Gasteiger partial charge is 0.266 e. The summed E-state index contributed by atoms with van der Waals surface area (Å²) in [7, 11) is 1.93. The number of rotatable bonds is 3. The number of H-pyrrole nitrogens is 2. The van der Waals surface area contributed by atoms with Gasteiger partial charge in [-0.15, -0.1) is 0 Å². The lowest BCUT2D eigenvalue weighted by atomic mass is 10.0. The Labute approximate surface area is 160 Å². The second-order valence-electron chi connectivity index (χ2n) is 6.93. The van der Waals surface area contributed by atoms with E-state index in [2.05, 4.69) is 10.2 Å². The monoisotopic (exact) mass is 379 g/mol. The minimum atomic E-state index is -0.443. The Morgan fingerprint density at radius 2 is 1.86 bits per heavy atom. The van der Waals surface area contributed by atoms with Gasteiger partial charge >= 0.3 is 0 Å². The van der Waals surface area contributed by atoms with E-state index in [9.17, 15) is 14.4 Å². The van der Waals surface area contributed by atoms with Gasteiger partial charge in [-0.2, -0.15) is 5.10 Å². The van der Waals surface area contributed by atoms with Crippen molar-refractivity contribution >= 4 is 5.91 Å². The molecule has 144 valence electrons. The van der Waals surface area contributed by atoms with Crippen LogP contribution < -0.4 is 11.1 Å². The summed E-state index contributed by atoms with van der Waals surface area (Å²) in [6, 6.07) is 11.2. The molecule has 3 aromatic rings. The van der Waals surface area contributed by atoms with Crippen LogP contribution in [0.15, 0.2) is 46.0 Å². The van der Waals surface area contributed by atoms with E-state index >= 15 is 0 Å². The lowest BCUT2D eigenvalue weighted by Crippen LogP contribution is -2.36. The third kappa shape index (κ3) is 3.40. The molecule has 2 N–H and O–H groups in total. The number of amides is 1. The van der Waals surface area contributed by atoms with Gasteiger partial charge in [-0.3, -0.25) is 29.3 Å². The third-order valence-corrected chi connectivity index (χ3v) is 5.16. The van der Waals surface area contributed by atoms with Crippen molar-refractivity contribution < 1.29 is 4.79 Å². The molecule has 1 aliphatic rings. The van der Waals surface area contributed by atoms with Gasteiger partial charge in [-0.05, 0) is 6.42 Å². The van der Waals surface area contributed by atoms with E-state index in [1.54, 1.807) is 4.90 Å². The summed E-state index contributed by atoms with van der Waals surface area (Å²) in [6.07, 6.45) is 1.31. The van der Waals surface area contributed by atoms with Crippen molar-refractivity contribution in [3.8, 4) is 11.3 Å². The van der Waals surface area contributed by atoms with Gasteiger partial charge in [0.05, 0.1) is 12.1 Å². The second kappa shape index (κ2) is 7.30. The molecule has 0 saturated heterocycles. The van der Waals surface area contributed by atoms with E-state index in [0.29, 0.717) is 25.9 Å². The lowest BCUT2D eigenvalue weighted by Gasteiger charge is -2.20. The van der Waals surface area contributed by atoms with Crippen LogP contribution in [0.25, 0.3) is 11.3 Å². The Bertz CT molecular complexity index is 1130. The van der Waals surface area contributed by atoms with Crippen LogP contribution >= 0.6 is 0 Å². The maximum Gasteiger partial charge on any atom is 0.266 e. The van der Waals surface area contributed by atoms with Gasteiger partial charge < -0.3 is 4.90 Å². The standard InChI is InChI=1S/C20H21N5O3/c1-24-16-8-10-25(18(27)12-14-11-17(26)21-22-20(14)28)9-7-15(16)19(23-24)13-5-3-2-4-6-13/h2-6,11H,7-10,12H2,1H3,(H,21,26)(H,22,28). The number of aromatic nitrogens is 4. The van der Waals surface area contributed by atoms with E-state index in [1.807, 2.05) is 42.1 Å². The van der Waals surface area contributed by atoms with E-state index in [-0.39, 0.29) is 17.9 Å². The number of fused-ring (bicyclic) bond motifs is 1. The van der Waals surface area contributed by atoms with Gasteiger partial charge in [-0.25, -0.2) is 0 Å². The van der Waals surface area contributed by atoms with Gasteiger partial charge in [0, 0.05) is 55.0 Å². The molecule has 28 heavy (non-hydrogen) atoms. The summed E-state index contributed by atoms with van der Waals surface area (Å²) in [4.78, 5) is 37.7. The molecule has 1 aliphatic heterocycles. The van der Waals surface area contributed by atoms with E-state index in [1.165, 1.54) is 6.07 Å². The molecule has 3 heterocycles. The molecule has 0 fully saturated rings. The number of nitrogens with one attached hydrogen (secondary N) is 2. The second-order valence-corrected chi connectivity index (χ2v) is 6.93. The van der Waals surface area contributed by atoms with Crippen LogP contribution in [0.2, 0.25) is 0 Å². The number of aromatic amines is 2. The van der Waals surface area contributed by atoms with Gasteiger partial charge in [0.1, 0.15) is 0 Å². The maximum atomic E-state index is 12.7. The highest BCUT2D eigenvalue weighted by molar-refractivity contribution is 5.79. The van der Waals surface area contributed by atoms with Crippen LogP contribution in [0.4, 0.5) is 0 Å². The molecule has 0 radical (unpaired) electrons. The van der Waals surface area contributed by atoms with Gasteiger partial charge in [0.2, 0.25) is 5.91 Å². The van der Waals surface area contributed by atoms with Crippen molar-refractivity contribution in [1.29, 1.82) is 0 Å². The largest absolute Gasteiger partial charge is 0.342 e. The topological polar surface area (TPSA) is 104 Å². The van der Waals surface area contributed by atoms with Crippen LogP contribution in [0, 0.1) is 0 Å². The average molecular weight is 379 g/mol. The van der Waals surface area contributed by atoms with Crippen molar-refractivity contribution in [3.63, 3.8) is 0 Å². The SMILES string of the molecule is Cn1nc(-c2ccccc2)c2c1CCN(C(=O)Cc1cc(=O)[nH][nH]c1=O)CC2. The molecule has 0 bridgehead atoms. The molecule has 0 saturated carbocycles. The van der Waals surface area contributed by atoms with E-state index in [4.69, 9.17) is 5.10 Å². The highest BCUT2D eigenvalue weighted by atomic mass is 16.2. The van der Waals surface area contributed by atoms with E-state index in [0.717, 1.165) is 22.5 Å². The molecular formula is C20H21N5O3. The first-order chi connectivity index (χ1) is 13.5. The predicted octanol–water partition coefficient (Wildman–Crippen LogP) is 0.634. The number of carbonyl (C=O) groups excluding carboxylic acids is 1. The van der Waals surface area contributed by atoms with Crippen LogP contribution in [0.3, 0.4) is 0 Å². The van der Waals surface area contributed by atoms with Crippen LogP contribution in [-0.2, 0) is 31.1 Å². The summed E-state index contributed by atoms with van der Waals surface area (Å²) >= 11 is 0. The molecule has 0 atom stereocenters. The number of aryl methyl sites for hydroxylation is 1. The van der Waals surface area contributed by atoms with Gasteiger partial charge in [0.15, 0.2) is 0 Å². The fourth-order valence-electron chi connectivity index (χ4n) is 3.72. The highest BCUT2D eigenvalue weighted by Crippen LogP contribution is 2.28. The van der Waals surface area contributed by atoms with Crippen LogP contribution in [0.5, 0.6) is 0 Å². The quantitative estimate of drug-likeness (QED) is 0.697. The van der Waals surface area contributed by atoms with Crippen molar-refractivity contribution in [2.45, 2.75) is 19.3 Å². The number of hydrogen-bond acceptors (Lipinski definition) is 4. The molecule has 1 aromatic carbocycles. The Hall–Kier alpha value is -3.42. The minimum absolute atomic E-state index is 0.0839. The van der Waals surface area contributed by atoms with Crippen LogP contribution in [-0.4, -0.2) is 43.9 Å². The summed E-state index contributed by atoms with van der Waals surface area (Å²) in [5, 5.41) is 9.16. The van der Waals surface area contributed by atoms with Crippen molar-refractivity contribution in [2.24, 2.45) is 7.05 Å². The van der Waals surface area contributed by atoms with Crippen LogP contribution in [0.1, 0.15) is 16.8 Å². The lowest BCUT2D eigenvalue weighted by molar-refractivity contribution is -0.130. The fraction of sp³-hybridized carbons (Fsp3) is 0.300. The maximum absolute atomic E-state index is 12.7. The number of hydrogen-bond donors (Lipinski definition) is 2. The van der Waals surface area contributed by atoms with Crippen molar-refractivity contribution in [1.82, 2.24) is 24.9 Å². The number of nitrogens with zero attached hydrogens (tertiary/aromatic N) is 3. The zero-order chi connectivity index (χ0) is 19.7. The molecule has 4 rings (SSSR count). The molecule has 8 heteroatoms. The van der Waals surface area contributed by atoms with Gasteiger partial charge in [0.25, 0.3) is 11.1 Å². The molecule has 2 aromatic heterocycles. The Kier molecular flexibility index (Phi) is 4.68. The normalized spacial score (nSPS) is 13.8. The van der Waals surface area contributed by atoms with Crippen molar-refractivity contribution in [2.75, 3.05) is 13.1 Å². The molecule has 0 spiro atoms. The molecular weight excluding hydrogens is 358 g/mol. The molecule has 0 aliphatic carbocycles. The summed E-state index contributed by atoms with van der Waals surface area (Å²) in [5.74, 6) is -0.155. The fourth-order valence-corrected chi connectivity index (χ4v) is 3.72. The Balaban J connectivity index is 1.55. The molecule has 8 nitrogen and oxygen atoms in total.